The maximum atomic E-state index is 10.1. The number of aliphatic hydroxyl groups excluding tert-OH is 1. The van der Waals surface area contributed by atoms with Crippen molar-refractivity contribution in [3.63, 3.8) is 0 Å². The van der Waals surface area contributed by atoms with E-state index in [4.69, 9.17) is 14.2 Å². The lowest BCUT2D eigenvalue weighted by Gasteiger charge is -2.33. The second-order valence-electron chi connectivity index (χ2n) is 3.03. The topological polar surface area (TPSA) is 47.9 Å². The summed E-state index contributed by atoms with van der Waals surface area (Å²) >= 11 is 0. The molecule has 0 saturated heterocycles. The highest BCUT2D eigenvalue weighted by atomic mass is 16.9. The molecule has 0 aliphatic rings. The van der Waals surface area contributed by atoms with Gasteiger partial charge >= 0.3 is 5.97 Å². The molecule has 1 aromatic rings. The Morgan fingerprint density at radius 3 is 1.87 bits per heavy atom. The Morgan fingerprint density at radius 2 is 1.47 bits per heavy atom. The molecule has 1 N–H and O–H groups in total. The molecule has 0 aliphatic carbocycles. The summed E-state index contributed by atoms with van der Waals surface area (Å²) in [6.07, 6.45) is -1.00. The van der Waals surface area contributed by atoms with Crippen LogP contribution in [0.5, 0.6) is 0 Å². The molecular weight excluding hydrogens is 196 g/mol. The average molecular weight is 212 g/mol. The minimum absolute atomic E-state index is 0.669. The van der Waals surface area contributed by atoms with E-state index in [1.807, 2.05) is 18.2 Å². The van der Waals surface area contributed by atoms with Crippen molar-refractivity contribution in [3.05, 3.63) is 35.9 Å². The van der Waals surface area contributed by atoms with Crippen molar-refractivity contribution in [1.82, 2.24) is 0 Å². The summed E-state index contributed by atoms with van der Waals surface area (Å²) in [5, 5.41) is 10.1. The lowest BCUT2D eigenvalue weighted by molar-refractivity contribution is -0.391. The number of ether oxygens (including phenoxy) is 3. The van der Waals surface area contributed by atoms with Crippen molar-refractivity contribution >= 4 is 0 Å². The van der Waals surface area contributed by atoms with E-state index in [9.17, 15) is 5.11 Å². The van der Waals surface area contributed by atoms with E-state index >= 15 is 0 Å². The lowest BCUT2D eigenvalue weighted by Crippen LogP contribution is -2.42. The molecule has 0 aliphatic heterocycles. The van der Waals surface area contributed by atoms with Crippen molar-refractivity contribution in [3.8, 4) is 0 Å². The van der Waals surface area contributed by atoms with Crippen molar-refractivity contribution in [2.45, 2.75) is 12.1 Å². The quantitative estimate of drug-likeness (QED) is 0.748. The van der Waals surface area contributed by atoms with E-state index in [0.29, 0.717) is 5.56 Å². The highest BCUT2D eigenvalue weighted by Gasteiger charge is 2.40. The van der Waals surface area contributed by atoms with Crippen LogP contribution in [-0.2, 0) is 14.2 Å². The van der Waals surface area contributed by atoms with Crippen LogP contribution in [-0.4, -0.2) is 32.4 Å². The Bertz CT molecular complexity index is 274. The predicted octanol–water partition coefficient (Wildman–Crippen LogP) is 1.31. The van der Waals surface area contributed by atoms with Gasteiger partial charge in [-0.2, -0.15) is 0 Å². The van der Waals surface area contributed by atoms with E-state index in [1.165, 1.54) is 21.3 Å². The van der Waals surface area contributed by atoms with Gasteiger partial charge in [-0.05, 0) is 5.56 Å². The van der Waals surface area contributed by atoms with Crippen LogP contribution in [0, 0.1) is 0 Å². The van der Waals surface area contributed by atoms with E-state index in [1.54, 1.807) is 12.1 Å². The van der Waals surface area contributed by atoms with Gasteiger partial charge in [-0.1, -0.05) is 30.3 Å². The first-order valence-electron chi connectivity index (χ1n) is 4.58. The highest BCUT2D eigenvalue weighted by molar-refractivity contribution is 5.18. The van der Waals surface area contributed by atoms with Crippen LogP contribution in [0.4, 0.5) is 0 Å². The summed E-state index contributed by atoms with van der Waals surface area (Å²) in [5.41, 5.74) is 0.669. The Kier molecular flexibility index (Phi) is 4.23. The minimum atomic E-state index is -1.46. The summed E-state index contributed by atoms with van der Waals surface area (Å²) in [4.78, 5) is 0. The van der Waals surface area contributed by atoms with E-state index in [-0.39, 0.29) is 0 Å². The third kappa shape index (κ3) is 2.35. The standard InChI is InChI=1S/C11H16O4/c1-13-11(14-2,15-3)10(12)9-7-5-4-6-8-9/h4-8,10,12H,1-3H3. The van der Waals surface area contributed by atoms with Gasteiger partial charge in [0.05, 0.1) is 0 Å². The van der Waals surface area contributed by atoms with Crippen molar-refractivity contribution in [2.75, 3.05) is 21.3 Å². The molecule has 15 heavy (non-hydrogen) atoms. The Hall–Kier alpha value is -0.940. The van der Waals surface area contributed by atoms with Gasteiger partial charge in [-0.15, -0.1) is 0 Å². The monoisotopic (exact) mass is 212 g/mol. The van der Waals surface area contributed by atoms with Gasteiger partial charge < -0.3 is 19.3 Å². The maximum absolute atomic E-state index is 10.1. The smallest absolute Gasteiger partial charge is 0.314 e. The first-order chi connectivity index (χ1) is 7.20. The SMILES string of the molecule is COC(OC)(OC)C(O)c1ccccc1. The molecular formula is C11H16O4. The number of methoxy groups -OCH3 is 3. The van der Waals surface area contributed by atoms with E-state index in [0.717, 1.165) is 0 Å². The molecule has 0 amide bonds. The van der Waals surface area contributed by atoms with Crippen molar-refractivity contribution in [1.29, 1.82) is 0 Å². The van der Waals surface area contributed by atoms with Gasteiger partial charge in [0.25, 0.3) is 0 Å². The number of rotatable bonds is 5. The Labute approximate surface area is 89.4 Å². The predicted molar refractivity (Wildman–Crippen MR) is 55.2 cm³/mol. The fourth-order valence-corrected chi connectivity index (χ4v) is 1.42. The van der Waals surface area contributed by atoms with Gasteiger partial charge in [-0.25, -0.2) is 0 Å². The van der Waals surface area contributed by atoms with E-state index in [2.05, 4.69) is 0 Å². The number of aliphatic hydroxyl groups is 1. The molecule has 1 atom stereocenters. The van der Waals surface area contributed by atoms with Gasteiger partial charge in [0.2, 0.25) is 0 Å². The maximum Gasteiger partial charge on any atom is 0.314 e. The van der Waals surface area contributed by atoms with Crippen molar-refractivity contribution < 1.29 is 19.3 Å². The Morgan fingerprint density at radius 1 is 1.00 bits per heavy atom. The highest BCUT2D eigenvalue weighted by Crippen LogP contribution is 2.29. The Balaban J connectivity index is 2.95. The molecule has 4 heteroatoms. The zero-order valence-electron chi connectivity index (χ0n) is 9.14. The minimum Gasteiger partial charge on any atom is -0.380 e. The van der Waals surface area contributed by atoms with E-state index < -0.39 is 12.1 Å². The van der Waals surface area contributed by atoms with Gasteiger partial charge in [0, 0.05) is 21.3 Å². The second kappa shape index (κ2) is 5.23. The van der Waals surface area contributed by atoms with Crippen LogP contribution in [0.2, 0.25) is 0 Å². The molecule has 0 fully saturated rings. The first-order valence-corrected chi connectivity index (χ1v) is 4.58. The normalized spacial score (nSPS) is 13.9. The van der Waals surface area contributed by atoms with Crippen LogP contribution in [0.15, 0.2) is 30.3 Å². The number of hydrogen-bond donors (Lipinski definition) is 1. The molecule has 1 aromatic carbocycles. The molecule has 1 unspecified atom stereocenters. The van der Waals surface area contributed by atoms with Crippen LogP contribution in [0.1, 0.15) is 11.7 Å². The van der Waals surface area contributed by atoms with Crippen LogP contribution < -0.4 is 0 Å². The third-order valence-corrected chi connectivity index (χ3v) is 2.30. The fourth-order valence-electron chi connectivity index (χ4n) is 1.42. The molecule has 1 rings (SSSR count). The van der Waals surface area contributed by atoms with Gasteiger partial charge in [-0.3, -0.25) is 0 Å². The largest absolute Gasteiger partial charge is 0.380 e. The lowest BCUT2D eigenvalue weighted by atomic mass is 10.1. The molecule has 0 aromatic heterocycles. The number of hydrogen-bond acceptors (Lipinski definition) is 4. The van der Waals surface area contributed by atoms with Crippen LogP contribution in [0.25, 0.3) is 0 Å². The zero-order chi connectivity index (χ0) is 11.3. The molecule has 4 nitrogen and oxygen atoms in total. The van der Waals surface area contributed by atoms with Crippen molar-refractivity contribution in [2.24, 2.45) is 0 Å². The van der Waals surface area contributed by atoms with Gasteiger partial charge in [0.1, 0.15) is 0 Å². The molecule has 0 spiro atoms. The summed E-state index contributed by atoms with van der Waals surface area (Å²) < 4.78 is 15.2. The van der Waals surface area contributed by atoms with Crippen LogP contribution in [0.3, 0.4) is 0 Å². The summed E-state index contributed by atoms with van der Waals surface area (Å²) in [6, 6.07) is 9.06. The molecule has 0 bridgehead atoms. The zero-order valence-corrected chi connectivity index (χ0v) is 9.14. The number of benzene rings is 1. The first kappa shape index (κ1) is 12.1. The van der Waals surface area contributed by atoms with Crippen LogP contribution >= 0.6 is 0 Å². The van der Waals surface area contributed by atoms with Gasteiger partial charge in [0.15, 0.2) is 6.10 Å². The molecule has 0 radical (unpaired) electrons. The summed E-state index contributed by atoms with van der Waals surface area (Å²) in [7, 11) is 4.25. The molecule has 0 heterocycles. The molecule has 0 saturated carbocycles. The second-order valence-corrected chi connectivity index (χ2v) is 3.03. The average Bonchev–Trinajstić information content (AvgIpc) is 2.33. The third-order valence-electron chi connectivity index (χ3n) is 2.30. The molecule has 84 valence electrons. The summed E-state index contributed by atoms with van der Waals surface area (Å²) in [6.45, 7) is 0. The fraction of sp³-hybridized carbons (Fsp3) is 0.455. The summed E-state index contributed by atoms with van der Waals surface area (Å²) in [5.74, 6) is -1.46.